The van der Waals surface area contributed by atoms with E-state index in [0.717, 1.165) is 36.4 Å². The molecule has 0 bridgehead atoms. The summed E-state index contributed by atoms with van der Waals surface area (Å²) in [5, 5.41) is 7.19. The fourth-order valence-electron chi connectivity index (χ4n) is 4.19. The molecule has 0 saturated carbocycles. The minimum Gasteiger partial charge on any atom is -0.387 e. The second-order valence-electron chi connectivity index (χ2n) is 8.37. The summed E-state index contributed by atoms with van der Waals surface area (Å²) >= 11 is 6.66. The number of carbonyl (C=O) groups is 1. The van der Waals surface area contributed by atoms with Crippen molar-refractivity contribution < 1.29 is 9.18 Å². The summed E-state index contributed by atoms with van der Waals surface area (Å²) in [5.41, 5.74) is 10.1. The van der Waals surface area contributed by atoms with Gasteiger partial charge in [0.05, 0.1) is 22.0 Å². The minimum atomic E-state index is -0.459. The first kappa shape index (κ1) is 25.5. The van der Waals surface area contributed by atoms with Crippen LogP contribution >= 0.6 is 11.6 Å². The molecule has 1 aliphatic heterocycles. The third kappa shape index (κ3) is 5.66. The zero-order chi connectivity index (χ0) is 25.0. The van der Waals surface area contributed by atoms with Crippen LogP contribution in [0.15, 0.2) is 35.6 Å². The highest BCUT2D eigenvalue weighted by molar-refractivity contribution is 6.35. The predicted octanol–water partition coefficient (Wildman–Crippen LogP) is 3.91. The number of aliphatic imine (C=N–C) groups is 1. The number of aldehydes is 1. The van der Waals surface area contributed by atoms with Gasteiger partial charge in [-0.3, -0.25) is 0 Å². The Morgan fingerprint density at radius 2 is 1.94 bits per heavy atom. The molecule has 0 spiro atoms. The van der Waals surface area contributed by atoms with Gasteiger partial charge < -0.3 is 30.5 Å². The standard InChI is InChI=1S/C22H27ClFN7.C2H4O/c1-12-8-30(9-13(2)27-12)16-6-17(23)20(19(7-16)26-4)21(25)29-15-5-18(24)22-28-14(3)10-31(22)11-15;1-2-3/h5-7,10-13,26-27H,8-9H2,1-4H3,(H2,25,29);2H,1H3. The fraction of sp³-hybridized carbons (Fsp3) is 0.375. The normalized spacial score (nSPS) is 18.4. The van der Waals surface area contributed by atoms with Crippen LogP contribution in [0.2, 0.25) is 5.02 Å². The van der Waals surface area contributed by atoms with Crippen LogP contribution in [-0.2, 0) is 4.79 Å². The van der Waals surface area contributed by atoms with E-state index in [1.165, 1.54) is 13.0 Å². The molecule has 10 heteroatoms. The zero-order valence-corrected chi connectivity index (χ0v) is 20.8. The molecular formula is C24H31ClFN7O. The van der Waals surface area contributed by atoms with E-state index in [-0.39, 0.29) is 11.5 Å². The van der Waals surface area contributed by atoms with E-state index in [9.17, 15) is 4.39 Å². The van der Waals surface area contributed by atoms with E-state index in [4.69, 9.17) is 22.1 Å². The molecule has 0 amide bonds. The van der Waals surface area contributed by atoms with Crippen molar-refractivity contribution in [3.8, 4) is 0 Å². The smallest absolute Gasteiger partial charge is 0.173 e. The monoisotopic (exact) mass is 487 g/mol. The summed E-state index contributed by atoms with van der Waals surface area (Å²) in [6.45, 7) is 9.36. The highest BCUT2D eigenvalue weighted by Crippen LogP contribution is 2.32. The molecule has 2 aromatic heterocycles. The topological polar surface area (TPSA) is 100 Å². The molecule has 1 saturated heterocycles. The Kier molecular flexibility index (Phi) is 8.11. The Morgan fingerprint density at radius 1 is 1.29 bits per heavy atom. The lowest BCUT2D eigenvalue weighted by molar-refractivity contribution is -0.106. The summed E-state index contributed by atoms with van der Waals surface area (Å²) in [6.07, 6.45) is 4.18. The SMILES string of the molecule is CC=O.CNc1cc(N2CC(C)NC(C)C2)cc(Cl)c1C(N)=Nc1cc(F)c2nc(C)cn2c1. The van der Waals surface area contributed by atoms with Gasteiger partial charge in [-0.25, -0.2) is 14.4 Å². The number of piperazine rings is 1. The van der Waals surface area contributed by atoms with Crippen LogP contribution in [-0.4, -0.2) is 53.7 Å². The van der Waals surface area contributed by atoms with Crippen molar-refractivity contribution in [2.45, 2.75) is 39.8 Å². The highest BCUT2D eigenvalue weighted by Gasteiger charge is 2.23. The van der Waals surface area contributed by atoms with Gasteiger partial charge in [0.2, 0.25) is 0 Å². The molecule has 2 unspecified atom stereocenters. The minimum absolute atomic E-state index is 0.207. The predicted molar refractivity (Wildman–Crippen MR) is 137 cm³/mol. The molecule has 8 nitrogen and oxygen atoms in total. The lowest BCUT2D eigenvalue weighted by atomic mass is 10.1. The second-order valence-corrected chi connectivity index (χ2v) is 8.77. The fourth-order valence-corrected chi connectivity index (χ4v) is 4.50. The largest absolute Gasteiger partial charge is 0.387 e. The first-order valence-electron chi connectivity index (χ1n) is 11.1. The number of nitrogens with one attached hydrogen (secondary N) is 2. The molecule has 1 aliphatic rings. The maximum Gasteiger partial charge on any atom is 0.173 e. The first-order valence-corrected chi connectivity index (χ1v) is 11.5. The number of fused-ring (bicyclic) bond motifs is 1. The molecule has 182 valence electrons. The van der Waals surface area contributed by atoms with E-state index >= 15 is 0 Å². The number of benzene rings is 1. The van der Waals surface area contributed by atoms with Crippen molar-refractivity contribution in [2.75, 3.05) is 30.4 Å². The van der Waals surface area contributed by atoms with Gasteiger partial charge in [-0.15, -0.1) is 0 Å². The second kappa shape index (κ2) is 10.8. The molecule has 2 atom stereocenters. The Labute approximate surface area is 204 Å². The third-order valence-electron chi connectivity index (χ3n) is 5.39. The molecule has 34 heavy (non-hydrogen) atoms. The number of carbonyl (C=O) groups excluding carboxylic acids is 1. The molecule has 3 aromatic rings. The van der Waals surface area contributed by atoms with Crippen molar-refractivity contribution in [2.24, 2.45) is 10.7 Å². The van der Waals surface area contributed by atoms with E-state index in [0.29, 0.717) is 28.4 Å². The van der Waals surface area contributed by atoms with E-state index in [2.05, 4.69) is 39.4 Å². The summed E-state index contributed by atoms with van der Waals surface area (Å²) in [6, 6.07) is 6.01. The molecule has 4 N–H and O–H groups in total. The van der Waals surface area contributed by atoms with E-state index in [1.54, 1.807) is 16.8 Å². The summed E-state index contributed by atoms with van der Waals surface area (Å²) < 4.78 is 16.0. The molecule has 1 fully saturated rings. The number of hydrogen-bond acceptors (Lipinski definition) is 6. The van der Waals surface area contributed by atoms with Gasteiger partial charge >= 0.3 is 0 Å². The first-order chi connectivity index (χ1) is 16.2. The molecular weight excluding hydrogens is 457 g/mol. The van der Waals surface area contributed by atoms with Crippen LogP contribution in [0.5, 0.6) is 0 Å². The summed E-state index contributed by atoms with van der Waals surface area (Å²) in [7, 11) is 1.81. The van der Waals surface area contributed by atoms with Crippen LogP contribution in [0.4, 0.5) is 21.5 Å². The van der Waals surface area contributed by atoms with Gasteiger partial charge in [0.25, 0.3) is 0 Å². The van der Waals surface area contributed by atoms with Gasteiger partial charge in [0.1, 0.15) is 12.1 Å². The number of anilines is 2. The summed E-state index contributed by atoms with van der Waals surface area (Å²) in [4.78, 5) is 19.7. The Bertz CT molecular complexity index is 1200. The van der Waals surface area contributed by atoms with Crippen molar-refractivity contribution in [3.63, 3.8) is 0 Å². The number of pyridine rings is 1. The number of halogens is 2. The number of aryl methyl sites for hydroxylation is 1. The third-order valence-corrected chi connectivity index (χ3v) is 5.68. The number of imidazole rings is 1. The zero-order valence-electron chi connectivity index (χ0n) is 20.1. The molecule has 3 heterocycles. The van der Waals surface area contributed by atoms with Gasteiger partial charge in [-0.1, -0.05) is 11.6 Å². The van der Waals surface area contributed by atoms with Crippen molar-refractivity contribution in [1.82, 2.24) is 14.7 Å². The van der Waals surface area contributed by atoms with Gasteiger partial charge in [-0.2, -0.15) is 0 Å². The lowest BCUT2D eigenvalue weighted by Crippen LogP contribution is -2.54. The Balaban J connectivity index is 0.00000103. The van der Waals surface area contributed by atoms with Crippen molar-refractivity contribution in [3.05, 3.63) is 52.7 Å². The Morgan fingerprint density at radius 3 is 2.56 bits per heavy atom. The maximum absolute atomic E-state index is 14.4. The molecule has 0 aliphatic carbocycles. The highest BCUT2D eigenvalue weighted by atomic mass is 35.5. The summed E-state index contributed by atoms with van der Waals surface area (Å²) in [5.74, 6) is -0.252. The van der Waals surface area contributed by atoms with E-state index in [1.807, 2.05) is 26.1 Å². The average Bonchev–Trinajstić information content (AvgIpc) is 3.13. The van der Waals surface area contributed by atoms with Gasteiger partial charge in [0.15, 0.2) is 11.5 Å². The van der Waals surface area contributed by atoms with Crippen molar-refractivity contribution in [1.29, 1.82) is 0 Å². The van der Waals surface area contributed by atoms with Crippen LogP contribution in [0.25, 0.3) is 5.65 Å². The van der Waals surface area contributed by atoms with Crippen LogP contribution in [0.3, 0.4) is 0 Å². The molecule has 0 radical (unpaired) electrons. The van der Waals surface area contributed by atoms with Gasteiger partial charge in [0, 0.05) is 62.1 Å². The Hall–Kier alpha value is -3.17. The quantitative estimate of drug-likeness (QED) is 0.293. The number of hydrogen-bond donors (Lipinski definition) is 3. The number of amidine groups is 1. The van der Waals surface area contributed by atoms with Crippen molar-refractivity contribution >= 4 is 46.4 Å². The van der Waals surface area contributed by atoms with Crippen LogP contribution < -0.4 is 21.3 Å². The number of nitrogens with two attached hydrogens (primary N) is 1. The van der Waals surface area contributed by atoms with Crippen LogP contribution in [0.1, 0.15) is 32.0 Å². The van der Waals surface area contributed by atoms with Crippen LogP contribution in [0, 0.1) is 12.7 Å². The maximum atomic E-state index is 14.4. The lowest BCUT2D eigenvalue weighted by Gasteiger charge is -2.38. The van der Waals surface area contributed by atoms with E-state index < -0.39 is 5.82 Å². The van der Waals surface area contributed by atoms with Gasteiger partial charge in [-0.05, 0) is 39.8 Å². The number of nitrogens with zero attached hydrogens (tertiary/aromatic N) is 4. The number of rotatable bonds is 4. The molecule has 4 rings (SSSR count). The average molecular weight is 488 g/mol. The molecule has 1 aromatic carbocycles. The number of aromatic nitrogens is 2.